The normalized spacial score (nSPS) is 27.2. The Kier molecular flexibility index (Phi) is 5.74. The fraction of sp³-hybridized carbons (Fsp3) is 0.600. The van der Waals surface area contributed by atoms with Gasteiger partial charge in [0.05, 0.1) is 5.92 Å². The van der Waals surface area contributed by atoms with E-state index in [1.165, 1.54) is 0 Å². The monoisotopic (exact) mass is 343 g/mol. The third-order valence-electron chi connectivity index (χ3n) is 5.61. The van der Waals surface area contributed by atoms with Gasteiger partial charge in [-0.1, -0.05) is 25.1 Å². The van der Waals surface area contributed by atoms with Crippen molar-refractivity contribution < 1.29 is 9.59 Å². The minimum absolute atomic E-state index is 0.0285. The van der Waals surface area contributed by atoms with E-state index in [2.05, 4.69) is 6.92 Å². The van der Waals surface area contributed by atoms with E-state index >= 15 is 0 Å². The highest BCUT2D eigenvalue weighted by molar-refractivity contribution is 5.94. The minimum Gasteiger partial charge on any atom is -0.338 e. The summed E-state index contributed by atoms with van der Waals surface area (Å²) in [7, 11) is 0. The summed E-state index contributed by atoms with van der Waals surface area (Å²) in [4.78, 5) is 29.6. The molecule has 0 bridgehead atoms. The highest BCUT2D eigenvalue weighted by Crippen LogP contribution is 2.27. The quantitative estimate of drug-likeness (QED) is 0.914. The van der Waals surface area contributed by atoms with Crippen LogP contribution in [0, 0.1) is 11.8 Å². The number of amides is 2. The van der Waals surface area contributed by atoms with Crippen molar-refractivity contribution in [3.05, 3.63) is 35.9 Å². The highest BCUT2D eigenvalue weighted by atomic mass is 16.2. The number of nitrogens with two attached hydrogens (primary N) is 1. The summed E-state index contributed by atoms with van der Waals surface area (Å²) in [6, 6.07) is 9.48. The lowest BCUT2D eigenvalue weighted by molar-refractivity contribution is -0.141. The summed E-state index contributed by atoms with van der Waals surface area (Å²) < 4.78 is 0. The van der Waals surface area contributed by atoms with Gasteiger partial charge in [-0.3, -0.25) is 9.59 Å². The molecule has 0 saturated carbocycles. The molecule has 2 fully saturated rings. The number of carbonyl (C=O) groups is 2. The van der Waals surface area contributed by atoms with Crippen LogP contribution in [0.3, 0.4) is 0 Å². The van der Waals surface area contributed by atoms with Gasteiger partial charge in [0.2, 0.25) is 5.91 Å². The van der Waals surface area contributed by atoms with Crippen molar-refractivity contribution in [2.75, 3.05) is 26.2 Å². The molecule has 2 aliphatic rings. The molecule has 5 heteroatoms. The van der Waals surface area contributed by atoms with Gasteiger partial charge in [0.1, 0.15) is 0 Å². The van der Waals surface area contributed by atoms with Crippen LogP contribution in [0.1, 0.15) is 43.0 Å². The Morgan fingerprint density at radius 2 is 1.92 bits per heavy atom. The van der Waals surface area contributed by atoms with E-state index in [1.54, 1.807) is 0 Å². The second kappa shape index (κ2) is 8.00. The van der Waals surface area contributed by atoms with Gasteiger partial charge >= 0.3 is 0 Å². The van der Waals surface area contributed by atoms with Crippen LogP contribution in [-0.2, 0) is 4.79 Å². The number of piperidine rings is 2. The van der Waals surface area contributed by atoms with Gasteiger partial charge in [0.25, 0.3) is 5.91 Å². The van der Waals surface area contributed by atoms with E-state index < -0.39 is 0 Å². The van der Waals surface area contributed by atoms with Gasteiger partial charge in [0, 0.05) is 37.8 Å². The van der Waals surface area contributed by atoms with E-state index in [1.807, 2.05) is 40.1 Å². The fourth-order valence-corrected chi connectivity index (χ4v) is 4.13. The third-order valence-corrected chi connectivity index (χ3v) is 5.61. The summed E-state index contributed by atoms with van der Waals surface area (Å²) in [6.07, 6.45) is 3.77. The van der Waals surface area contributed by atoms with E-state index in [4.69, 9.17) is 5.73 Å². The predicted octanol–water partition coefficient (Wildman–Crippen LogP) is 2.12. The third kappa shape index (κ3) is 4.03. The molecule has 25 heavy (non-hydrogen) atoms. The largest absolute Gasteiger partial charge is 0.338 e. The van der Waals surface area contributed by atoms with Crippen LogP contribution in [0.25, 0.3) is 0 Å². The van der Waals surface area contributed by atoms with Crippen LogP contribution in [0.5, 0.6) is 0 Å². The fourth-order valence-electron chi connectivity index (χ4n) is 4.13. The van der Waals surface area contributed by atoms with Gasteiger partial charge in [-0.05, 0) is 43.7 Å². The van der Waals surface area contributed by atoms with Gasteiger partial charge in [-0.25, -0.2) is 0 Å². The Bertz CT molecular complexity index is 604. The molecule has 2 N–H and O–H groups in total. The summed E-state index contributed by atoms with van der Waals surface area (Å²) in [6.45, 7) is 4.80. The number of hydrogen-bond donors (Lipinski definition) is 1. The number of likely N-dealkylation sites (tertiary alicyclic amines) is 2. The van der Waals surface area contributed by atoms with Crippen molar-refractivity contribution in [3.8, 4) is 0 Å². The molecule has 0 aliphatic carbocycles. The lowest BCUT2D eigenvalue weighted by atomic mass is 9.89. The van der Waals surface area contributed by atoms with Gasteiger partial charge < -0.3 is 15.5 Å². The minimum atomic E-state index is -0.0936. The van der Waals surface area contributed by atoms with Crippen LogP contribution in [0.4, 0.5) is 0 Å². The predicted molar refractivity (Wildman–Crippen MR) is 98.0 cm³/mol. The number of carbonyl (C=O) groups excluding carboxylic acids is 2. The van der Waals surface area contributed by atoms with Gasteiger partial charge in [-0.15, -0.1) is 0 Å². The Hall–Kier alpha value is -1.88. The molecule has 2 heterocycles. The second-order valence-corrected chi connectivity index (χ2v) is 7.51. The van der Waals surface area contributed by atoms with Crippen LogP contribution >= 0.6 is 0 Å². The van der Waals surface area contributed by atoms with E-state index in [0.717, 1.165) is 38.8 Å². The average molecular weight is 343 g/mol. The van der Waals surface area contributed by atoms with Crippen molar-refractivity contribution in [2.24, 2.45) is 17.6 Å². The zero-order chi connectivity index (χ0) is 17.8. The first-order valence-electron chi connectivity index (χ1n) is 9.45. The van der Waals surface area contributed by atoms with Crippen LogP contribution in [-0.4, -0.2) is 53.8 Å². The molecule has 1 aromatic carbocycles. The first-order valence-corrected chi connectivity index (χ1v) is 9.45. The van der Waals surface area contributed by atoms with Crippen LogP contribution < -0.4 is 5.73 Å². The van der Waals surface area contributed by atoms with E-state index in [-0.39, 0.29) is 23.8 Å². The maximum absolute atomic E-state index is 13.1. The summed E-state index contributed by atoms with van der Waals surface area (Å²) in [5.74, 6) is 0.748. The molecule has 5 nitrogen and oxygen atoms in total. The molecule has 0 radical (unpaired) electrons. The summed E-state index contributed by atoms with van der Waals surface area (Å²) in [5.41, 5.74) is 6.61. The SMILES string of the molecule is CC1CCN(C(=O)C2CCCN(C(=O)c3ccccc3)C2)C(CN)C1. The second-order valence-electron chi connectivity index (χ2n) is 7.51. The van der Waals surface area contributed by atoms with Crippen LogP contribution in [0.2, 0.25) is 0 Å². The number of hydrogen-bond acceptors (Lipinski definition) is 3. The Morgan fingerprint density at radius 1 is 1.16 bits per heavy atom. The van der Waals surface area contributed by atoms with Crippen molar-refractivity contribution in [1.29, 1.82) is 0 Å². The molecule has 3 unspecified atom stereocenters. The van der Waals surface area contributed by atoms with Crippen molar-refractivity contribution in [2.45, 2.75) is 38.6 Å². The highest BCUT2D eigenvalue weighted by Gasteiger charge is 2.36. The molecular weight excluding hydrogens is 314 g/mol. The average Bonchev–Trinajstić information content (AvgIpc) is 2.67. The van der Waals surface area contributed by atoms with Crippen molar-refractivity contribution >= 4 is 11.8 Å². The summed E-state index contributed by atoms with van der Waals surface area (Å²) >= 11 is 0. The van der Waals surface area contributed by atoms with Crippen molar-refractivity contribution in [1.82, 2.24) is 9.80 Å². The number of rotatable bonds is 3. The standard InChI is InChI=1S/C20H29N3O2/c1-15-9-11-23(18(12-15)13-21)20(25)17-8-5-10-22(14-17)19(24)16-6-3-2-4-7-16/h2-4,6-7,15,17-18H,5,8-14,21H2,1H3. The summed E-state index contributed by atoms with van der Waals surface area (Å²) in [5, 5.41) is 0. The molecular formula is C20H29N3O2. The van der Waals surface area contributed by atoms with E-state index in [9.17, 15) is 9.59 Å². The van der Waals surface area contributed by atoms with E-state index in [0.29, 0.717) is 24.6 Å². The molecule has 2 saturated heterocycles. The van der Waals surface area contributed by atoms with Crippen molar-refractivity contribution in [3.63, 3.8) is 0 Å². The lowest BCUT2D eigenvalue weighted by Crippen LogP contribution is -2.54. The molecule has 2 amide bonds. The first-order chi connectivity index (χ1) is 12.1. The first kappa shape index (κ1) is 17.9. The molecule has 3 rings (SSSR count). The number of nitrogens with zero attached hydrogens (tertiary/aromatic N) is 2. The maximum Gasteiger partial charge on any atom is 0.253 e. The molecule has 0 aromatic heterocycles. The maximum atomic E-state index is 13.1. The lowest BCUT2D eigenvalue weighted by Gasteiger charge is -2.41. The van der Waals surface area contributed by atoms with Crippen LogP contribution in [0.15, 0.2) is 30.3 Å². The molecule has 1 aromatic rings. The smallest absolute Gasteiger partial charge is 0.253 e. The zero-order valence-electron chi connectivity index (χ0n) is 15.1. The zero-order valence-corrected chi connectivity index (χ0v) is 15.1. The topological polar surface area (TPSA) is 66.6 Å². The van der Waals surface area contributed by atoms with Gasteiger partial charge in [-0.2, -0.15) is 0 Å². The Balaban J connectivity index is 1.66. The Morgan fingerprint density at radius 3 is 2.64 bits per heavy atom. The molecule has 0 spiro atoms. The van der Waals surface area contributed by atoms with Gasteiger partial charge in [0.15, 0.2) is 0 Å². The molecule has 2 aliphatic heterocycles. The number of benzene rings is 1. The molecule has 136 valence electrons. The Labute approximate surface area is 150 Å². The molecule has 3 atom stereocenters.